The summed E-state index contributed by atoms with van der Waals surface area (Å²) in [4.78, 5) is 41.6. The second-order valence-corrected chi connectivity index (χ2v) is 10.2. The lowest BCUT2D eigenvalue weighted by Crippen LogP contribution is -2.55. The molecule has 3 N–H and O–H groups in total. The molecule has 3 rings (SSSR count). The number of hydrogen-bond acceptors (Lipinski definition) is 8. The van der Waals surface area contributed by atoms with Gasteiger partial charge in [0.25, 0.3) is 5.91 Å². The highest BCUT2D eigenvalue weighted by atomic mass is 32.3. The van der Waals surface area contributed by atoms with Crippen molar-refractivity contribution in [2.24, 2.45) is 5.92 Å². The topological polar surface area (TPSA) is 166 Å². The van der Waals surface area contributed by atoms with Crippen LogP contribution in [0.5, 0.6) is 0 Å². The molecule has 2 amide bonds. The number of amides is 2. The van der Waals surface area contributed by atoms with Crippen LogP contribution in [0.1, 0.15) is 32.8 Å². The Kier molecular flexibility index (Phi) is 12.3. The van der Waals surface area contributed by atoms with Crippen LogP contribution in [-0.2, 0) is 34.3 Å². The average molecular weight is 556 g/mol. The number of rotatable bonds is 10. The molecule has 0 radical (unpaired) electrons. The lowest BCUT2D eigenvalue weighted by atomic mass is 10.0. The van der Waals surface area contributed by atoms with Crippen LogP contribution in [0.15, 0.2) is 36.4 Å². The maximum atomic E-state index is 13.2. The number of carbonyl (C=O) groups excluding carboxylic acids is 3. The molecule has 2 aliphatic heterocycles. The highest BCUT2D eigenvalue weighted by molar-refractivity contribution is 7.79. The van der Waals surface area contributed by atoms with E-state index < -0.39 is 40.5 Å². The standard InChI is InChI=1S/C25H35N3O5.H2O4S/c1-4-32-25(31)22-21(33-22)23(29)26-20(17-18(2)3)24(30)28-15-13-27(14-16-28)12-8-11-19-9-6-5-7-10-19;1-5(2,3)4/h5-11,18,20-22H,4,12-17H2,1-3H3,(H,26,29);(H2,1,2,3,4)/b11-8+;/t20-,21-,22-;/m0./s1. The lowest BCUT2D eigenvalue weighted by molar-refractivity contribution is -0.144. The fourth-order valence-electron chi connectivity index (χ4n) is 3.94. The summed E-state index contributed by atoms with van der Waals surface area (Å²) in [5.41, 5.74) is 1.17. The first-order valence-electron chi connectivity index (χ1n) is 12.4. The van der Waals surface area contributed by atoms with E-state index in [-0.39, 0.29) is 18.4 Å². The van der Waals surface area contributed by atoms with E-state index in [1.165, 1.54) is 5.56 Å². The van der Waals surface area contributed by atoms with Crippen LogP contribution in [0, 0.1) is 5.92 Å². The second kappa shape index (κ2) is 14.9. The van der Waals surface area contributed by atoms with E-state index in [1.807, 2.05) is 36.9 Å². The minimum Gasteiger partial charge on any atom is -0.464 e. The Morgan fingerprint density at radius 1 is 1.11 bits per heavy atom. The number of ether oxygens (including phenoxy) is 2. The third-order valence-corrected chi connectivity index (χ3v) is 5.75. The molecule has 212 valence electrons. The molecule has 38 heavy (non-hydrogen) atoms. The first kappa shape index (κ1) is 31.4. The first-order valence-corrected chi connectivity index (χ1v) is 13.8. The molecule has 2 fully saturated rings. The van der Waals surface area contributed by atoms with E-state index in [4.69, 9.17) is 27.0 Å². The summed E-state index contributed by atoms with van der Waals surface area (Å²) >= 11 is 0. The number of epoxide rings is 1. The average Bonchev–Trinajstić information content (AvgIpc) is 3.65. The quantitative estimate of drug-likeness (QED) is 0.216. The van der Waals surface area contributed by atoms with Crippen molar-refractivity contribution in [2.45, 2.75) is 45.4 Å². The Hall–Kier alpha value is -2.84. The van der Waals surface area contributed by atoms with Crippen molar-refractivity contribution in [3.8, 4) is 0 Å². The number of benzene rings is 1. The van der Waals surface area contributed by atoms with Crippen molar-refractivity contribution >= 4 is 34.3 Å². The van der Waals surface area contributed by atoms with Crippen LogP contribution in [0.2, 0.25) is 0 Å². The maximum absolute atomic E-state index is 13.2. The zero-order valence-corrected chi connectivity index (χ0v) is 22.7. The van der Waals surface area contributed by atoms with Gasteiger partial charge in [-0.2, -0.15) is 8.42 Å². The van der Waals surface area contributed by atoms with Gasteiger partial charge in [0.1, 0.15) is 6.04 Å². The van der Waals surface area contributed by atoms with Crippen LogP contribution >= 0.6 is 0 Å². The Balaban J connectivity index is 0.000000926. The highest BCUT2D eigenvalue weighted by Crippen LogP contribution is 2.24. The Morgan fingerprint density at radius 2 is 1.71 bits per heavy atom. The Morgan fingerprint density at radius 3 is 2.26 bits per heavy atom. The van der Waals surface area contributed by atoms with Crippen molar-refractivity contribution in [1.29, 1.82) is 0 Å². The largest absolute Gasteiger partial charge is 0.464 e. The van der Waals surface area contributed by atoms with E-state index >= 15 is 0 Å². The van der Waals surface area contributed by atoms with Gasteiger partial charge in [-0.3, -0.25) is 23.6 Å². The Labute approximate surface area is 223 Å². The molecule has 0 unspecified atom stereocenters. The Bertz CT molecular complexity index is 1050. The molecule has 2 aliphatic rings. The molecule has 3 atom stereocenters. The van der Waals surface area contributed by atoms with E-state index in [1.54, 1.807) is 6.92 Å². The zero-order valence-electron chi connectivity index (χ0n) is 21.9. The number of carbonyl (C=O) groups is 3. The number of hydrogen-bond donors (Lipinski definition) is 3. The van der Waals surface area contributed by atoms with E-state index in [2.05, 4.69) is 34.5 Å². The van der Waals surface area contributed by atoms with Crippen LogP contribution < -0.4 is 5.32 Å². The minimum atomic E-state index is -4.67. The van der Waals surface area contributed by atoms with E-state index in [0.717, 1.165) is 19.6 Å². The molecule has 0 saturated carbocycles. The van der Waals surface area contributed by atoms with Crippen molar-refractivity contribution in [3.63, 3.8) is 0 Å². The van der Waals surface area contributed by atoms with Gasteiger partial charge in [-0.25, -0.2) is 4.79 Å². The summed E-state index contributed by atoms with van der Waals surface area (Å²) in [6.07, 6.45) is 3.04. The molecule has 0 aromatic heterocycles. The molecule has 1 aromatic rings. The number of esters is 1. The van der Waals surface area contributed by atoms with Gasteiger partial charge in [0.2, 0.25) is 5.91 Å². The molecule has 0 spiro atoms. The summed E-state index contributed by atoms with van der Waals surface area (Å²) in [7, 11) is -4.67. The summed E-state index contributed by atoms with van der Waals surface area (Å²) < 4.78 is 41.7. The number of piperazine rings is 1. The molecular formula is C25H37N3O9S. The van der Waals surface area contributed by atoms with Crippen LogP contribution in [0.3, 0.4) is 0 Å². The van der Waals surface area contributed by atoms with E-state index in [9.17, 15) is 14.4 Å². The van der Waals surface area contributed by atoms with E-state index in [0.29, 0.717) is 19.5 Å². The maximum Gasteiger partial charge on any atom is 0.394 e. The fourth-order valence-corrected chi connectivity index (χ4v) is 3.94. The van der Waals surface area contributed by atoms with Crippen LogP contribution in [0.25, 0.3) is 6.08 Å². The minimum absolute atomic E-state index is 0.0788. The van der Waals surface area contributed by atoms with Crippen molar-refractivity contribution in [3.05, 3.63) is 42.0 Å². The lowest BCUT2D eigenvalue weighted by Gasteiger charge is -2.36. The van der Waals surface area contributed by atoms with Gasteiger partial charge < -0.3 is 19.7 Å². The van der Waals surface area contributed by atoms with Crippen molar-refractivity contribution < 1.29 is 41.4 Å². The fraction of sp³-hybridized carbons (Fsp3) is 0.560. The molecule has 2 saturated heterocycles. The SMILES string of the molecule is CCOC(=O)[C@H]1O[C@@H]1C(=O)N[C@@H](CC(C)C)C(=O)N1CCN(C/C=C/c2ccccc2)CC1.O=S(=O)(O)O. The van der Waals surface area contributed by atoms with Crippen molar-refractivity contribution in [2.75, 3.05) is 39.3 Å². The first-order chi connectivity index (χ1) is 17.9. The zero-order chi connectivity index (χ0) is 28.3. The second-order valence-electron chi connectivity index (χ2n) is 9.31. The summed E-state index contributed by atoms with van der Waals surface area (Å²) in [6.45, 7) is 9.59. The summed E-state index contributed by atoms with van der Waals surface area (Å²) in [5, 5.41) is 2.81. The molecule has 2 heterocycles. The van der Waals surface area contributed by atoms with Gasteiger partial charge in [-0.1, -0.05) is 56.3 Å². The summed E-state index contributed by atoms with van der Waals surface area (Å²) in [5.74, 6) is -0.826. The van der Waals surface area contributed by atoms with Crippen LogP contribution in [-0.4, -0.2) is 103 Å². The highest BCUT2D eigenvalue weighted by Gasteiger charge is 2.52. The summed E-state index contributed by atoms with van der Waals surface area (Å²) in [6, 6.07) is 9.54. The van der Waals surface area contributed by atoms with Gasteiger partial charge in [0.15, 0.2) is 12.2 Å². The third kappa shape index (κ3) is 11.7. The predicted molar refractivity (Wildman–Crippen MR) is 139 cm³/mol. The van der Waals surface area contributed by atoms with Gasteiger partial charge in [0, 0.05) is 32.7 Å². The van der Waals surface area contributed by atoms with Crippen LogP contribution in [0.4, 0.5) is 0 Å². The molecule has 13 heteroatoms. The monoisotopic (exact) mass is 555 g/mol. The third-order valence-electron chi connectivity index (χ3n) is 5.75. The predicted octanol–water partition coefficient (Wildman–Crippen LogP) is 1.05. The van der Waals surface area contributed by atoms with Gasteiger partial charge in [-0.05, 0) is 24.8 Å². The van der Waals surface area contributed by atoms with Gasteiger partial charge in [-0.15, -0.1) is 0 Å². The van der Waals surface area contributed by atoms with Crippen molar-refractivity contribution in [1.82, 2.24) is 15.1 Å². The molecule has 12 nitrogen and oxygen atoms in total. The smallest absolute Gasteiger partial charge is 0.394 e. The van der Waals surface area contributed by atoms with Gasteiger partial charge >= 0.3 is 16.4 Å². The molecule has 0 aliphatic carbocycles. The molecule has 0 bridgehead atoms. The number of nitrogens with zero attached hydrogens (tertiary/aromatic N) is 2. The number of nitrogens with one attached hydrogen (secondary N) is 1. The molecule has 1 aromatic carbocycles. The van der Waals surface area contributed by atoms with Gasteiger partial charge in [0.05, 0.1) is 6.61 Å². The normalized spacial score (nSPS) is 20.4. The molecular weight excluding hydrogens is 518 g/mol.